The third kappa shape index (κ3) is 2.58. The Bertz CT molecular complexity index is 607. The molecule has 0 radical (unpaired) electrons. The molecule has 1 heterocycles. The average Bonchev–Trinajstić information content (AvgIpc) is 2.32. The van der Waals surface area contributed by atoms with Crippen LogP contribution in [0.3, 0.4) is 0 Å². The van der Waals surface area contributed by atoms with Gasteiger partial charge >= 0.3 is 5.97 Å². The van der Waals surface area contributed by atoms with Gasteiger partial charge in [0.05, 0.1) is 16.3 Å². The summed E-state index contributed by atoms with van der Waals surface area (Å²) in [4.78, 5) is 12.8. The van der Waals surface area contributed by atoms with Crippen molar-refractivity contribution < 1.29 is 18.3 Å². The van der Waals surface area contributed by atoms with Gasteiger partial charge in [-0.05, 0) is 17.5 Å². The summed E-state index contributed by atoms with van der Waals surface area (Å²) in [5, 5.41) is 8.96. The molecule has 0 unspecified atom stereocenters. The van der Waals surface area contributed by atoms with Gasteiger partial charge in [0.2, 0.25) is 0 Å². The minimum atomic E-state index is -3.30. The van der Waals surface area contributed by atoms with Crippen molar-refractivity contribution in [3.8, 4) is 0 Å². The minimum Gasteiger partial charge on any atom is -0.480 e. The first-order valence-corrected chi connectivity index (χ1v) is 7.80. The van der Waals surface area contributed by atoms with Crippen LogP contribution in [0.1, 0.15) is 25.3 Å². The summed E-state index contributed by atoms with van der Waals surface area (Å²) in [6.45, 7) is 3.99. The quantitative estimate of drug-likeness (QED) is 0.909. The maximum absolute atomic E-state index is 12.1. The zero-order valence-corrected chi connectivity index (χ0v) is 11.8. The second-order valence-corrected chi connectivity index (χ2v) is 7.06. The van der Waals surface area contributed by atoms with Gasteiger partial charge in [0, 0.05) is 6.54 Å². The highest BCUT2D eigenvalue weighted by Gasteiger charge is 2.31. The van der Waals surface area contributed by atoms with Crippen LogP contribution in [0.15, 0.2) is 23.1 Å². The lowest BCUT2D eigenvalue weighted by atomic mass is 10.00. The van der Waals surface area contributed by atoms with Gasteiger partial charge in [0.25, 0.3) is 0 Å². The van der Waals surface area contributed by atoms with Crippen LogP contribution >= 0.6 is 0 Å². The van der Waals surface area contributed by atoms with Crippen LogP contribution in [0.2, 0.25) is 0 Å². The number of hydrogen-bond acceptors (Lipinski definition) is 4. The lowest BCUT2D eigenvalue weighted by Gasteiger charge is -2.32. The first-order valence-electron chi connectivity index (χ1n) is 6.15. The van der Waals surface area contributed by atoms with E-state index in [0.29, 0.717) is 5.69 Å². The van der Waals surface area contributed by atoms with Crippen LogP contribution in [0, 0.1) is 0 Å². The van der Waals surface area contributed by atoms with E-state index in [1.165, 1.54) is 0 Å². The maximum Gasteiger partial charge on any atom is 0.323 e. The van der Waals surface area contributed by atoms with E-state index < -0.39 is 15.8 Å². The molecule has 5 nitrogen and oxygen atoms in total. The number of hydrogen-bond donors (Lipinski definition) is 1. The number of carboxylic acid groups (broad SMARTS) is 1. The molecule has 6 heteroatoms. The van der Waals surface area contributed by atoms with Gasteiger partial charge in [-0.25, -0.2) is 8.42 Å². The number of fused-ring (bicyclic) bond motifs is 1. The van der Waals surface area contributed by atoms with Crippen LogP contribution in [0.5, 0.6) is 0 Å². The Morgan fingerprint density at radius 1 is 1.42 bits per heavy atom. The molecule has 0 saturated carbocycles. The number of sulfone groups is 1. The van der Waals surface area contributed by atoms with Gasteiger partial charge in [-0.15, -0.1) is 0 Å². The predicted molar refractivity (Wildman–Crippen MR) is 72.4 cm³/mol. The number of rotatable bonds is 3. The number of anilines is 1. The maximum atomic E-state index is 12.1. The Labute approximate surface area is 112 Å². The predicted octanol–water partition coefficient (Wildman–Crippen LogP) is 1.49. The molecule has 1 aromatic carbocycles. The fourth-order valence-electron chi connectivity index (χ4n) is 2.37. The zero-order chi connectivity index (χ0) is 14.2. The summed E-state index contributed by atoms with van der Waals surface area (Å²) in [5.41, 5.74) is 1.44. The lowest BCUT2D eigenvalue weighted by molar-refractivity contribution is -0.135. The Balaban J connectivity index is 2.63. The van der Waals surface area contributed by atoms with Crippen molar-refractivity contribution in [2.45, 2.75) is 24.7 Å². The number of aliphatic carboxylic acids is 1. The van der Waals surface area contributed by atoms with Crippen LogP contribution in [-0.2, 0) is 14.6 Å². The number of benzene rings is 1. The lowest BCUT2D eigenvalue weighted by Crippen LogP contribution is -2.39. The Morgan fingerprint density at radius 2 is 2.11 bits per heavy atom. The van der Waals surface area contributed by atoms with E-state index in [-0.39, 0.29) is 29.7 Å². The number of carboxylic acids is 1. The minimum absolute atomic E-state index is 0.0329. The fraction of sp³-hybridized carbons (Fsp3) is 0.462. The van der Waals surface area contributed by atoms with Gasteiger partial charge in [-0.3, -0.25) is 4.79 Å². The summed E-state index contributed by atoms with van der Waals surface area (Å²) in [6, 6.07) is 5.14. The van der Waals surface area contributed by atoms with Crippen LogP contribution < -0.4 is 4.90 Å². The summed E-state index contributed by atoms with van der Waals surface area (Å²) in [6.07, 6.45) is 0. The van der Waals surface area contributed by atoms with E-state index in [1.807, 2.05) is 19.9 Å². The van der Waals surface area contributed by atoms with Crippen molar-refractivity contribution in [3.63, 3.8) is 0 Å². The molecule has 0 saturated heterocycles. The second-order valence-electron chi connectivity index (χ2n) is 4.98. The summed E-state index contributed by atoms with van der Waals surface area (Å²) < 4.78 is 24.2. The van der Waals surface area contributed by atoms with Crippen molar-refractivity contribution in [1.29, 1.82) is 0 Å². The highest BCUT2D eigenvalue weighted by Crippen LogP contribution is 2.37. The zero-order valence-electron chi connectivity index (χ0n) is 11.0. The third-order valence-corrected chi connectivity index (χ3v) is 4.98. The average molecular weight is 283 g/mol. The molecule has 1 N–H and O–H groups in total. The van der Waals surface area contributed by atoms with Gasteiger partial charge in [-0.1, -0.05) is 26.0 Å². The molecule has 0 bridgehead atoms. The fourth-order valence-corrected chi connectivity index (χ4v) is 3.88. The monoisotopic (exact) mass is 283 g/mol. The molecule has 19 heavy (non-hydrogen) atoms. The van der Waals surface area contributed by atoms with E-state index in [9.17, 15) is 13.2 Å². The van der Waals surface area contributed by atoms with Crippen LogP contribution in [0.4, 0.5) is 5.69 Å². The molecular weight excluding hydrogens is 266 g/mol. The van der Waals surface area contributed by atoms with Crippen LogP contribution in [0.25, 0.3) is 0 Å². The number of carbonyl (C=O) groups is 1. The van der Waals surface area contributed by atoms with Gasteiger partial charge in [0.15, 0.2) is 9.84 Å². The molecule has 0 aromatic heterocycles. The first kappa shape index (κ1) is 13.9. The van der Waals surface area contributed by atoms with E-state index in [1.54, 1.807) is 17.0 Å². The van der Waals surface area contributed by atoms with Gasteiger partial charge in [0.1, 0.15) is 6.54 Å². The molecule has 0 aliphatic carbocycles. The van der Waals surface area contributed by atoms with Crippen molar-refractivity contribution in [1.82, 2.24) is 0 Å². The highest BCUT2D eigenvalue weighted by atomic mass is 32.2. The van der Waals surface area contributed by atoms with Crippen molar-refractivity contribution >= 4 is 21.5 Å². The Hall–Kier alpha value is -1.56. The smallest absolute Gasteiger partial charge is 0.323 e. The molecule has 1 aromatic rings. The van der Waals surface area contributed by atoms with Crippen molar-refractivity contribution in [2.75, 3.05) is 23.7 Å². The molecule has 104 valence electrons. The molecule has 0 amide bonds. The van der Waals surface area contributed by atoms with E-state index >= 15 is 0 Å². The van der Waals surface area contributed by atoms with E-state index in [4.69, 9.17) is 5.11 Å². The van der Waals surface area contributed by atoms with Crippen LogP contribution in [-0.4, -0.2) is 38.3 Å². The molecule has 0 spiro atoms. The SMILES string of the molecule is CC(C)c1cccc2c1N(CC(=O)O)CCS2(=O)=O. The van der Waals surface area contributed by atoms with Gasteiger partial charge < -0.3 is 10.0 Å². The number of nitrogens with zero attached hydrogens (tertiary/aromatic N) is 1. The molecule has 1 aliphatic rings. The third-order valence-electron chi connectivity index (χ3n) is 3.26. The highest BCUT2D eigenvalue weighted by molar-refractivity contribution is 7.91. The largest absolute Gasteiger partial charge is 0.480 e. The normalized spacial score (nSPS) is 17.3. The molecular formula is C13H17NO4S. The second kappa shape index (κ2) is 4.85. The Kier molecular flexibility index (Phi) is 3.54. The van der Waals surface area contributed by atoms with E-state index in [0.717, 1.165) is 5.56 Å². The summed E-state index contributed by atoms with van der Waals surface area (Å²) in [7, 11) is -3.30. The number of para-hydroxylation sites is 1. The standard InChI is InChI=1S/C13H17NO4S/c1-9(2)10-4-3-5-11-13(10)14(8-12(15)16)6-7-19(11,17)18/h3-5,9H,6-8H2,1-2H3,(H,15,16). The first-order chi connectivity index (χ1) is 8.83. The summed E-state index contributed by atoms with van der Waals surface area (Å²) >= 11 is 0. The van der Waals surface area contributed by atoms with Gasteiger partial charge in [-0.2, -0.15) is 0 Å². The topological polar surface area (TPSA) is 74.7 Å². The van der Waals surface area contributed by atoms with Crippen molar-refractivity contribution in [3.05, 3.63) is 23.8 Å². The summed E-state index contributed by atoms with van der Waals surface area (Å²) in [5.74, 6) is -0.849. The molecule has 0 atom stereocenters. The molecule has 0 fully saturated rings. The Morgan fingerprint density at radius 3 is 2.68 bits per heavy atom. The van der Waals surface area contributed by atoms with E-state index in [2.05, 4.69) is 0 Å². The molecule has 2 rings (SSSR count). The van der Waals surface area contributed by atoms with Crippen molar-refractivity contribution in [2.24, 2.45) is 0 Å². The molecule has 1 aliphatic heterocycles.